The summed E-state index contributed by atoms with van der Waals surface area (Å²) in [7, 11) is 1.49. The van der Waals surface area contributed by atoms with Crippen LogP contribution in [0.2, 0.25) is 0 Å². The Kier molecular flexibility index (Phi) is 7.73. The molecule has 1 aromatic carbocycles. The predicted molar refractivity (Wildman–Crippen MR) is 129 cm³/mol. The third-order valence-electron chi connectivity index (χ3n) is 6.33. The van der Waals surface area contributed by atoms with Gasteiger partial charge in [0.25, 0.3) is 0 Å². The maximum absolute atomic E-state index is 14.6. The molecule has 182 valence electrons. The maximum atomic E-state index is 14.6. The minimum Gasteiger partial charge on any atom is -0.497 e. The minimum atomic E-state index is -0.935. The molecule has 1 saturated heterocycles. The molecular weight excluding hydrogens is 474 g/mol. The SMILES string of the molecule is COc1ccc2ncc(F)c(C(=O)CC[C@H]3CCN(CC#Cc4sccc4F)C[C@H]3C(=O)O)c2c1. The van der Waals surface area contributed by atoms with E-state index >= 15 is 0 Å². The number of piperidine rings is 1. The van der Waals surface area contributed by atoms with E-state index in [4.69, 9.17) is 4.74 Å². The third kappa shape index (κ3) is 5.66. The number of carbonyl (C=O) groups excluding carboxylic acids is 1. The van der Waals surface area contributed by atoms with Crippen LogP contribution in [0.4, 0.5) is 8.78 Å². The molecule has 0 unspecified atom stereocenters. The number of nitrogens with zero attached hydrogens (tertiary/aromatic N) is 2. The number of carboxylic acid groups (broad SMARTS) is 1. The van der Waals surface area contributed by atoms with Gasteiger partial charge in [0, 0.05) is 18.4 Å². The van der Waals surface area contributed by atoms with Gasteiger partial charge in [0.05, 0.1) is 36.8 Å². The first-order valence-electron chi connectivity index (χ1n) is 11.2. The van der Waals surface area contributed by atoms with E-state index < -0.39 is 23.5 Å². The van der Waals surface area contributed by atoms with Crippen LogP contribution < -0.4 is 4.74 Å². The van der Waals surface area contributed by atoms with Gasteiger partial charge in [0.15, 0.2) is 11.6 Å². The van der Waals surface area contributed by atoms with E-state index in [1.54, 1.807) is 23.6 Å². The zero-order valence-corrected chi connectivity index (χ0v) is 19.9. The molecule has 0 saturated carbocycles. The molecule has 0 bridgehead atoms. The second-order valence-electron chi connectivity index (χ2n) is 8.45. The fourth-order valence-electron chi connectivity index (χ4n) is 4.45. The van der Waals surface area contributed by atoms with E-state index in [1.165, 1.54) is 24.5 Å². The number of hydrogen-bond donors (Lipinski definition) is 1. The molecular formula is C26H24F2N2O4S. The number of aromatic nitrogens is 1. The first-order valence-corrected chi connectivity index (χ1v) is 12.1. The molecule has 2 atom stereocenters. The monoisotopic (exact) mass is 498 g/mol. The average Bonchev–Trinajstić information content (AvgIpc) is 3.26. The Balaban J connectivity index is 1.42. The molecule has 35 heavy (non-hydrogen) atoms. The van der Waals surface area contributed by atoms with Gasteiger partial charge in [-0.3, -0.25) is 19.5 Å². The summed E-state index contributed by atoms with van der Waals surface area (Å²) in [5.41, 5.74) is 0.435. The molecule has 2 aromatic heterocycles. The number of Topliss-reactive ketones (excluding diaryl/α,β-unsaturated/α-hetero) is 1. The number of ketones is 1. The summed E-state index contributed by atoms with van der Waals surface area (Å²) in [6.45, 7) is 1.25. The van der Waals surface area contributed by atoms with E-state index in [-0.39, 0.29) is 23.7 Å². The van der Waals surface area contributed by atoms with Gasteiger partial charge in [-0.2, -0.15) is 0 Å². The second-order valence-corrected chi connectivity index (χ2v) is 9.37. The Morgan fingerprint density at radius 2 is 2.11 bits per heavy atom. The molecule has 0 radical (unpaired) electrons. The number of thiophene rings is 1. The molecule has 0 spiro atoms. The summed E-state index contributed by atoms with van der Waals surface area (Å²) in [4.78, 5) is 31.3. The smallest absolute Gasteiger partial charge is 0.308 e. The van der Waals surface area contributed by atoms with Gasteiger partial charge in [-0.1, -0.05) is 11.8 Å². The highest BCUT2D eigenvalue weighted by molar-refractivity contribution is 7.10. The molecule has 1 aliphatic heterocycles. The Bertz CT molecular complexity index is 1310. The van der Waals surface area contributed by atoms with Crippen LogP contribution in [-0.2, 0) is 4.79 Å². The van der Waals surface area contributed by atoms with Crippen LogP contribution in [0.15, 0.2) is 35.8 Å². The van der Waals surface area contributed by atoms with Gasteiger partial charge >= 0.3 is 5.97 Å². The first-order chi connectivity index (χ1) is 16.9. The highest BCUT2D eigenvalue weighted by Crippen LogP contribution is 2.31. The fourth-order valence-corrected chi connectivity index (χ4v) is 5.09. The lowest BCUT2D eigenvalue weighted by Crippen LogP contribution is -2.44. The van der Waals surface area contributed by atoms with Crippen LogP contribution in [0.5, 0.6) is 5.75 Å². The number of benzene rings is 1. The van der Waals surface area contributed by atoms with Gasteiger partial charge in [-0.05, 0) is 54.9 Å². The zero-order chi connectivity index (χ0) is 24.9. The Hall–Kier alpha value is -3.35. The maximum Gasteiger partial charge on any atom is 0.308 e. The van der Waals surface area contributed by atoms with Crippen LogP contribution in [0.3, 0.4) is 0 Å². The van der Waals surface area contributed by atoms with Gasteiger partial charge in [0.1, 0.15) is 16.4 Å². The quantitative estimate of drug-likeness (QED) is 0.378. The standard InChI is InChI=1S/C26H24F2N2O4S/c1-34-17-5-6-22-18(13-17)25(21(28)14-29-22)23(31)7-4-16-8-11-30(15-19(16)26(32)33)10-2-3-24-20(27)9-12-35-24/h5-6,9,12-14,16,19H,4,7-8,10-11,15H2,1H3,(H,32,33)/t16-,19+/m0/s1. The number of methoxy groups -OCH3 is 1. The zero-order valence-electron chi connectivity index (χ0n) is 19.1. The van der Waals surface area contributed by atoms with Crippen molar-refractivity contribution < 1.29 is 28.2 Å². The van der Waals surface area contributed by atoms with Crippen molar-refractivity contribution in [3.05, 3.63) is 57.9 Å². The van der Waals surface area contributed by atoms with E-state index in [0.29, 0.717) is 54.0 Å². The van der Waals surface area contributed by atoms with Crippen molar-refractivity contribution in [2.45, 2.75) is 19.3 Å². The molecule has 1 aliphatic rings. The first kappa shape index (κ1) is 24.8. The van der Waals surface area contributed by atoms with E-state index in [0.717, 1.165) is 6.20 Å². The number of pyridine rings is 1. The molecule has 4 rings (SSSR count). The van der Waals surface area contributed by atoms with Gasteiger partial charge in [0.2, 0.25) is 0 Å². The van der Waals surface area contributed by atoms with Crippen molar-refractivity contribution in [1.29, 1.82) is 0 Å². The summed E-state index contributed by atoms with van der Waals surface area (Å²) in [6.07, 6.45) is 1.97. The number of fused-ring (bicyclic) bond motifs is 1. The largest absolute Gasteiger partial charge is 0.497 e. The highest BCUT2D eigenvalue weighted by Gasteiger charge is 2.34. The van der Waals surface area contributed by atoms with Crippen LogP contribution in [0, 0.1) is 35.3 Å². The number of carboxylic acids is 1. The lowest BCUT2D eigenvalue weighted by Gasteiger charge is -2.35. The Labute approximate surface area is 205 Å². The number of hydrogen-bond acceptors (Lipinski definition) is 6. The van der Waals surface area contributed by atoms with E-state index in [1.807, 2.05) is 4.90 Å². The summed E-state index contributed by atoms with van der Waals surface area (Å²) in [5.74, 6) is 2.92. The normalized spacial score (nSPS) is 18.1. The highest BCUT2D eigenvalue weighted by atomic mass is 32.1. The number of likely N-dealkylation sites (tertiary alicyclic amines) is 1. The summed E-state index contributed by atoms with van der Waals surface area (Å²) in [5, 5.41) is 11.8. The third-order valence-corrected chi connectivity index (χ3v) is 7.13. The molecule has 0 amide bonds. The van der Waals surface area contributed by atoms with Gasteiger partial charge in [-0.15, -0.1) is 11.3 Å². The summed E-state index contributed by atoms with van der Waals surface area (Å²) >= 11 is 1.22. The molecule has 1 N–H and O–H groups in total. The molecule has 9 heteroatoms. The molecule has 6 nitrogen and oxygen atoms in total. The lowest BCUT2D eigenvalue weighted by atomic mass is 9.81. The molecule has 3 heterocycles. The minimum absolute atomic E-state index is 0.0269. The molecule has 1 fully saturated rings. The van der Waals surface area contributed by atoms with Crippen molar-refractivity contribution >= 4 is 34.0 Å². The summed E-state index contributed by atoms with van der Waals surface area (Å²) < 4.78 is 33.3. The summed E-state index contributed by atoms with van der Waals surface area (Å²) in [6, 6.07) is 6.30. The number of ether oxygens (including phenoxy) is 1. The molecule has 0 aliphatic carbocycles. The fraction of sp³-hybridized carbons (Fsp3) is 0.346. The predicted octanol–water partition coefficient (Wildman–Crippen LogP) is 4.62. The Morgan fingerprint density at radius 1 is 1.29 bits per heavy atom. The van der Waals surface area contributed by atoms with E-state index in [2.05, 4.69) is 16.8 Å². The van der Waals surface area contributed by atoms with Crippen molar-refractivity contribution in [1.82, 2.24) is 9.88 Å². The number of aliphatic carboxylic acids is 1. The topological polar surface area (TPSA) is 79.7 Å². The Morgan fingerprint density at radius 3 is 2.83 bits per heavy atom. The number of carbonyl (C=O) groups is 2. The van der Waals surface area contributed by atoms with Crippen LogP contribution >= 0.6 is 11.3 Å². The number of rotatable bonds is 7. The van der Waals surface area contributed by atoms with Crippen LogP contribution in [-0.4, -0.2) is 53.5 Å². The van der Waals surface area contributed by atoms with Crippen molar-refractivity contribution in [2.75, 3.05) is 26.7 Å². The van der Waals surface area contributed by atoms with Crippen molar-refractivity contribution in [3.63, 3.8) is 0 Å². The number of halogens is 2. The van der Waals surface area contributed by atoms with Gasteiger partial charge in [-0.25, -0.2) is 8.78 Å². The van der Waals surface area contributed by atoms with Crippen LogP contribution in [0.25, 0.3) is 10.9 Å². The van der Waals surface area contributed by atoms with Crippen LogP contribution in [0.1, 0.15) is 34.5 Å². The lowest BCUT2D eigenvalue weighted by molar-refractivity contribution is -0.146. The average molecular weight is 499 g/mol. The van der Waals surface area contributed by atoms with Gasteiger partial charge < -0.3 is 9.84 Å². The van der Waals surface area contributed by atoms with Crippen molar-refractivity contribution in [2.24, 2.45) is 11.8 Å². The molecule has 3 aromatic rings. The van der Waals surface area contributed by atoms with E-state index in [9.17, 15) is 23.5 Å². The van der Waals surface area contributed by atoms with Crippen molar-refractivity contribution in [3.8, 4) is 17.6 Å². The second kappa shape index (κ2) is 10.9.